The number of β-amino-alcohol motifs (C(OH)–C–C–N with tert-alkyl or cyclic N) is 1. The van der Waals surface area contributed by atoms with Crippen molar-refractivity contribution in [2.45, 2.75) is 76.0 Å². The number of nitrogens with zero attached hydrogens (tertiary/aromatic N) is 2. The zero-order valence-corrected chi connectivity index (χ0v) is 11.4. The summed E-state index contributed by atoms with van der Waals surface area (Å²) >= 11 is 0. The SMILES string of the molecule is CC1CC(O)(C2(C#N)CCCCC2)CN1C1CC1. The average molecular weight is 248 g/mol. The van der Waals surface area contributed by atoms with Crippen LogP contribution in [0.2, 0.25) is 0 Å². The number of nitriles is 1. The van der Waals surface area contributed by atoms with E-state index in [0.29, 0.717) is 12.1 Å². The molecule has 3 heteroatoms. The molecule has 2 saturated carbocycles. The maximum Gasteiger partial charge on any atom is 0.0974 e. The van der Waals surface area contributed by atoms with Crippen LogP contribution < -0.4 is 0 Å². The minimum atomic E-state index is -0.760. The number of aliphatic hydroxyl groups is 1. The van der Waals surface area contributed by atoms with Crippen LogP contribution in [0.4, 0.5) is 0 Å². The van der Waals surface area contributed by atoms with Gasteiger partial charge in [-0.05, 0) is 39.0 Å². The molecular formula is C15H24N2O. The molecule has 0 bridgehead atoms. The van der Waals surface area contributed by atoms with Crippen LogP contribution in [0.25, 0.3) is 0 Å². The summed E-state index contributed by atoms with van der Waals surface area (Å²) in [6.07, 6.45) is 8.57. The van der Waals surface area contributed by atoms with Crippen molar-refractivity contribution in [3.63, 3.8) is 0 Å². The molecule has 1 N–H and O–H groups in total. The lowest BCUT2D eigenvalue weighted by Gasteiger charge is -2.42. The lowest BCUT2D eigenvalue weighted by atomic mass is 9.63. The van der Waals surface area contributed by atoms with Gasteiger partial charge in [-0.2, -0.15) is 5.26 Å². The third kappa shape index (κ3) is 1.78. The topological polar surface area (TPSA) is 47.3 Å². The van der Waals surface area contributed by atoms with Crippen molar-refractivity contribution in [3.8, 4) is 6.07 Å². The van der Waals surface area contributed by atoms with E-state index in [4.69, 9.17) is 0 Å². The van der Waals surface area contributed by atoms with Crippen LogP contribution in [-0.2, 0) is 0 Å². The zero-order valence-electron chi connectivity index (χ0n) is 11.4. The third-order valence-corrected chi connectivity index (χ3v) is 5.47. The molecule has 0 radical (unpaired) electrons. The Hall–Kier alpha value is -0.590. The lowest BCUT2D eigenvalue weighted by Crippen LogP contribution is -2.50. The highest BCUT2D eigenvalue weighted by molar-refractivity contribution is 5.17. The van der Waals surface area contributed by atoms with E-state index in [0.717, 1.165) is 38.6 Å². The first-order valence-electron chi connectivity index (χ1n) is 7.50. The minimum Gasteiger partial charge on any atom is -0.387 e. The van der Waals surface area contributed by atoms with Crippen LogP contribution >= 0.6 is 0 Å². The Labute approximate surface area is 110 Å². The fourth-order valence-electron chi connectivity index (χ4n) is 4.21. The van der Waals surface area contributed by atoms with E-state index in [1.54, 1.807) is 0 Å². The van der Waals surface area contributed by atoms with Gasteiger partial charge in [0, 0.05) is 18.6 Å². The standard InChI is InChI=1S/C15H24N2O/c1-12-9-15(18,11-17(12)13-5-6-13)14(10-16)7-3-2-4-8-14/h12-13,18H,2-9,11H2,1H3. The number of hydrogen-bond acceptors (Lipinski definition) is 3. The lowest BCUT2D eigenvalue weighted by molar-refractivity contribution is -0.0638. The summed E-state index contributed by atoms with van der Waals surface area (Å²) in [5.74, 6) is 0. The molecule has 1 aliphatic heterocycles. The van der Waals surface area contributed by atoms with Gasteiger partial charge in [0.1, 0.15) is 0 Å². The van der Waals surface area contributed by atoms with Crippen molar-refractivity contribution < 1.29 is 5.11 Å². The molecule has 0 amide bonds. The monoisotopic (exact) mass is 248 g/mol. The van der Waals surface area contributed by atoms with Gasteiger partial charge in [-0.3, -0.25) is 4.90 Å². The summed E-state index contributed by atoms with van der Waals surface area (Å²) < 4.78 is 0. The summed E-state index contributed by atoms with van der Waals surface area (Å²) in [4.78, 5) is 2.45. The van der Waals surface area contributed by atoms with E-state index >= 15 is 0 Å². The summed E-state index contributed by atoms with van der Waals surface area (Å²) in [7, 11) is 0. The second kappa shape index (κ2) is 4.21. The molecule has 2 unspecified atom stereocenters. The van der Waals surface area contributed by atoms with E-state index in [1.165, 1.54) is 19.3 Å². The van der Waals surface area contributed by atoms with Crippen molar-refractivity contribution in [2.75, 3.05) is 6.54 Å². The summed E-state index contributed by atoms with van der Waals surface area (Å²) in [6.45, 7) is 2.94. The Bertz CT molecular complexity index is 365. The normalized spacial score (nSPS) is 40.6. The van der Waals surface area contributed by atoms with Gasteiger partial charge in [-0.1, -0.05) is 19.3 Å². The van der Waals surface area contributed by atoms with E-state index in [2.05, 4.69) is 17.9 Å². The Kier molecular flexibility index (Phi) is 2.91. The molecule has 3 fully saturated rings. The van der Waals surface area contributed by atoms with Crippen molar-refractivity contribution in [3.05, 3.63) is 0 Å². The first kappa shape index (κ1) is 12.4. The summed E-state index contributed by atoms with van der Waals surface area (Å²) in [6, 6.07) is 3.65. The molecular weight excluding hydrogens is 224 g/mol. The Morgan fingerprint density at radius 3 is 2.44 bits per heavy atom. The van der Waals surface area contributed by atoms with E-state index in [9.17, 15) is 10.4 Å². The molecule has 0 aromatic heterocycles. The fraction of sp³-hybridized carbons (Fsp3) is 0.933. The summed E-state index contributed by atoms with van der Waals surface area (Å²) in [5, 5.41) is 20.8. The molecule has 1 heterocycles. The molecule has 3 aliphatic rings. The number of rotatable bonds is 2. The van der Waals surface area contributed by atoms with Gasteiger partial charge in [-0.25, -0.2) is 0 Å². The van der Waals surface area contributed by atoms with Gasteiger partial charge in [0.15, 0.2) is 0 Å². The average Bonchev–Trinajstić information content (AvgIpc) is 3.16. The van der Waals surface area contributed by atoms with E-state index in [-0.39, 0.29) is 0 Å². The maximum atomic E-state index is 11.1. The van der Waals surface area contributed by atoms with Crippen molar-refractivity contribution in [1.29, 1.82) is 5.26 Å². The first-order valence-corrected chi connectivity index (χ1v) is 7.50. The summed E-state index contributed by atoms with van der Waals surface area (Å²) in [5.41, 5.74) is -1.23. The molecule has 18 heavy (non-hydrogen) atoms. The fourth-order valence-corrected chi connectivity index (χ4v) is 4.21. The maximum absolute atomic E-state index is 11.1. The zero-order chi connectivity index (χ0) is 12.8. The molecule has 0 aromatic rings. The Morgan fingerprint density at radius 2 is 1.89 bits per heavy atom. The van der Waals surface area contributed by atoms with Crippen LogP contribution in [0.5, 0.6) is 0 Å². The van der Waals surface area contributed by atoms with Crippen LogP contribution in [0, 0.1) is 16.7 Å². The predicted molar refractivity (Wildman–Crippen MR) is 69.9 cm³/mol. The highest BCUT2D eigenvalue weighted by Crippen LogP contribution is 2.51. The smallest absolute Gasteiger partial charge is 0.0974 e. The third-order valence-electron chi connectivity index (χ3n) is 5.47. The van der Waals surface area contributed by atoms with E-state index < -0.39 is 11.0 Å². The quantitative estimate of drug-likeness (QED) is 0.816. The van der Waals surface area contributed by atoms with Gasteiger partial charge < -0.3 is 5.11 Å². The van der Waals surface area contributed by atoms with Crippen LogP contribution in [-0.4, -0.2) is 34.2 Å². The van der Waals surface area contributed by atoms with Crippen LogP contribution in [0.3, 0.4) is 0 Å². The van der Waals surface area contributed by atoms with Crippen LogP contribution in [0.1, 0.15) is 58.3 Å². The largest absolute Gasteiger partial charge is 0.387 e. The first-order chi connectivity index (χ1) is 8.60. The van der Waals surface area contributed by atoms with Crippen LogP contribution in [0.15, 0.2) is 0 Å². The van der Waals surface area contributed by atoms with Crippen molar-refractivity contribution >= 4 is 0 Å². The van der Waals surface area contributed by atoms with Gasteiger partial charge in [0.2, 0.25) is 0 Å². The van der Waals surface area contributed by atoms with Gasteiger partial charge in [-0.15, -0.1) is 0 Å². The molecule has 100 valence electrons. The van der Waals surface area contributed by atoms with E-state index in [1.807, 2.05) is 0 Å². The molecule has 2 atom stereocenters. The predicted octanol–water partition coefficient (Wildman–Crippen LogP) is 2.45. The molecule has 3 rings (SSSR count). The molecule has 3 nitrogen and oxygen atoms in total. The van der Waals surface area contributed by atoms with Gasteiger partial charge in [0.05, 0.1) is 17.1 Å². The molecule has 1 saturated heterocycles. The molecule has 2 aliphatic carbocycles. The minimum absolute atomic E-state index is 0.439. The van der Waals surface area contributed by atoms with Crippen molar-refractivity contribution in [1.82, 2.24) is 4.90 Å². The highest BCUT2D eigenvalue weighted by atomic mass is 16.3. The molecule has 0 aromatic carbocycles. The van der Waals surface area contributed by atoms with Gasteiger partial charge in [0.25, 0.3) is 0 Å². The second-order valence-electron chi connectivity index (χ2n) is 6.74. The second-order valence-corrected chi connectivity index (χ2v) is 6.74. The van der Waals surface area contributed by atoms with Crippen molar-refractivity contribution in [2.24, 2.45) is 5.41 Å². The highest BCUT2D eigenvalue weighted by Gasteiger charge is 2.57. The van der Waals surface area contributed by atoms with Gasteiger partial charge >= 0.3 is 0 Å². The Balaban J connectivity index is 1.83. The number of likely N-dealkylation sites (tertiary alicyclic amines) is 1. The Morgan fingerprint density at radius 1 is 1.22 bits per heavy atom. The number of hydrogen-bond donors (Lipinski definition) is 1. The molecule has 0 spiro atoms.